The summed E-state index contributed by atoms with van der Waals surface area (Å²) in [5, 5.41) is 5.86. The van der Waals surface area contributed by atoms with E-state index < -0.39 is 0 Å². The van der Waals surface area contributed by atoms with Crippen molar-refractivity contribution in [3.8, 4) is 11.4 Å². The second kappa shape index (κ2) is 7.84. The molecule has 1 aromatic carbocycles. The van der Waals surface area contributed by atoms with Gasteiger partial charge in [-0.25, -0.2) is 4.98 Å². The highest BCUT2D eigenvalue weighted by atomic mass is 32.1. The lowest BCUT2D eigenvalue weighted by atomic mass is 10.1. The van der Waals surface area contributed by atoms with Crippen LogP contribution in [-0.2, 0) is 17.6 Å². The zero-order chi connectivity index (χ0) is 16.8. The summed E-state index contributed by atoms with van der Waals surface area (Å²) < 4.78 is 0. The summed E-state index contributed by atoms with van der Waals surface area (Å²) in [4.78, 5) is 20.9. The molecule has 1 N–H and O–H groups in total. The smallest absolute Gasteiger partial charge is 0.224 e. The lowest BCUT2D eigenvalue weighted by molar-refractivity contribution is -0.116. The number of amides is 1. The first-order valence-electron chi connectivity index (χ1n) is 7.99. The van der Waals surface area contributed by atoms with Gasteiger partial charge in [-0.05, 0) is 36.2 Å². The molecule has 0 bridgehead atoms. The van der Waals surface area contributed by atoms with Crippen LogP contribution >= 0.6 is 11.3 Å². The molecule has 0 atom stereocenters. The molecule has 0 saturated carbocycles. The summed E-state index contributed by atoms with van der Waals surface area (Å²) in [7, 11) is 0. The van der Waals surface area contributed by atoms with Gasteiger partial charge in [0, 0.05) is 30.1 Å². The van der Waals surface area contributed by atoms with Crippen molar-refractivity contribution in [3.63, 3.8) is 0 Å². The molecule has 3 rings (SSSR count). The number of nitrogens with zero attached hydrogens (tertiary/aromatic N) is 2. The van der Waals surface area contributed by atoms with Gasteiger partial charge < -0.3 is 5.32 Å². The van der Waals surface area contributed by atoms with Crippen molar-refractivity contribution in [3.05, 3.63) is 64.6 Å². The molecule has 122 valence electrons. The van der Waals surface area contributed by atoms with Gasteiger partial charge in [-0.2, -0.15) is 0 Å². The van der Waals surface area contributed by atoms with Crippen molar-refractivity contribution in [1.29, 1.82) is 0 Å². The number of thiazole rings is 1. The van der Waals surface area contributed by atoms with Crippen LogP contribution in [0.1, 0.15) is 23.9 Å². The van der Waals surface area contributed by atoms with Crippen molar-refractivity contribution < 1.29 is 4.79 Å². The van der Waals surface area contributed by atoms with Gasteiger partial charge >= 0.3 is 0 Å². The first-order valence-corrected chi connectivity index (χ1v) is 8.87. The standard InChI is InChI=1S/C19H19N3OS/c1-2-14-6-8-15(9-7-14)21-18(23)10-11-19-22-17(13-24-19)16-5-3-4-12-20-16/h3-9,12-13H,2,10-11H2,1H3,(H,21,23). The maximum absolute atomic E-state index is 12.1. The Morgan fingerprint density at radius 1 is 1.12 bits per heavy atom. The van der Waals surface area contributed by atoms with E-state index in [-0.39, 0.29) is 5.91 Å². The van der Waals surface area contributed by atoms with Gasteiger partial charge in [0.2, 0.25) is 5.91 Å². The van der Waals surface area contributed by atoms with E-state index in [1.165, 1.54) is 5.56 Å². The Labute approximate surface area is 145 Å². The van der Waals surface area contributed by atoms with E-state index in [0.717, 1.165) is 28.5 Å². The SMILES string of the molecule is CCc1ccc(NC(=O)CCc2nc(-c3ccccn3)cs2)cc1. The van der Waals surface area contributed by atoms with Crippen molar-refractivity contribution >= 4 is 22.9 Å². The normalized spacial score (nSPS) is 10.5. The van der Waals surface area contributed by atoms with E-state index in [0.29, 0.717) is 12.8 Å². The van der Waals surface area contributed by atoms with Gasteiger partial charge in [-0.1, -0.05) is 25.1 Å². The predicted octanol–water partition coefficient (Wildman–Crippen LogP) is 4.34. The van der Waals surface area contributed by atoms with Crippen LogP contribution < -0.4 is 5.32 Å². The van der Waals surface area contributed by atoms with Crippen molar-refractivity contribution in [2.24, 2.45) is 0 Å². The number of nitrogens with one attached hydrogen (secondary N) is 1. The summed E-state index contributed by atoms with van der Waals surface area (Å²) in [6.07, 6.45) is 3.81. The number of carbonyl (C=O) groups is 1. The molecule has 0 aliphatic carbocycles. The van der Waals surface area contributed by atoms with E-state index in [9.17, 15) is 4.79 Å². The summed E-state index contributed by atoms with van der Waals surface area (Å²) in [6.45, 7) is 2.11. The van der Waals surface area contributed by atoms with Gasteiger partial charge in [0.15, 0.2) is 0 Å². The van der Waals surface area contributed by atoms with Gasteiger partial charge in [-0.15, -0.1) is 11.3 Å². The fraction of sp³-hybridized carbons (Fsp3) is 0.211. The number of hydrogen-bond donors (Lipinski definition) is 1. The first kappa shape index (κ1) is 16.3. The quantitative estimate of drug-likeness (QED) is 0.728. The molecule has 2 aromatic heterocycles. The number of rotatable bonds is 6. The van der Waals surface area contributed by atoms with Crippen LogP contribution in [0, 0.1) is 0 Å². The third-order valence-electron chi connectivity index (χ3n) is 3.69. The maximum atomic E-state index is 12.1. The molecule has 0 radical (unpaired) electrons. The lowest BCUT2D eigenvalue weighted by Crippen LogP contribution is -2.12. The van der Waals surface area contributed by atoms with Gasteiger partial charge in [0.1, 0.15) is 0 Å². The highest BCUT2D eigenvalue weighted by molar-refractivity contribution is 7.09. The van der Waals surface area contributed by atoms with Gasteiger partial charge in [0.05, 0.1) is 16.4 Å². The number of aryl methyl sites for hydroxylation is 2. The zero-order valence-corrected chi connectivity index (χ0v) is 14.3. The largest absolute Gasteiger partial charge is 0.326 e. The molecule has 0 aliphatic rings. The predicted molar refractivity (Wildman–Crippen MR) is 98.1 cm³/mol. The summed E-state index contributed by atoms with van der Waals surface area (Å²) >= 11 is 1.57. The maximum Gasteiger partial charge on any atom is 0.224 e. The van der Waals surface area contributed by atoms with Gasteiger partial charge in [-0.3, -0.25) is 9.78 Å². The fourth-order valence-electron chi connectivity index (χ4n) is 2.33. The number of carbonyl (C=O) groups excluding carboxylic acids is 1. The minimum absolute atomic E-state index is 0.00818. The molecule has 0 aliphatic heterocycles. The molecule has 5 heteroatoms. The summed E-state index contributed by atoms with van der Waals surface area (Å²) in [6, 6.07) is 13.7. The Morgan fingerprint density at radius 3 is 2.67 bits per heavy atom. The van der Waals surface area contributed by atoms with Crippen LogP contribution in [0.2, 0.25) is 0 Å². The number of aromatic nitrogens is 2. The molecule has 1 amide bonds. The fourth-order valence-corrected chi connectivity index (χ4v) is 3.12. The molecule has 24 heavy (non-hydrogen) atoms. The van der Waals surface area contributed by atoms with Crippen molar-refractivity contribution in [2.75, 3.05) is 5.32 Å². The number of hydrogen-bond acceptors (Lipinski definition) is 4. The van der Waals surface area contributed by atoms with Gasteiger partial charge in [0.25, 0.3) is 0 Å². The van der Waals surface area contributed by atoms with Crippen LogP contribution in [0.5, 0.6) is 0 Å². The minimum Gasteiger partial charge on any atom is -0.326 e. The molecule has 0 fully saturated rings. The molecular formula is C19H19N3OS. The molecule has 2 heterocycles. The number of benzene rings is 1. The van der Waals surface area contributed by atoms with E-state index in [2.05, 4.69) is 22.2 Å². The minimum atomic E-state index is 0.00818. The third-order valence-corrected chi connectivity index (χ3v) is 4.60. The van der Waals surface area contributed by atoms with Crippen LogP contribution in [-0.4, -0.2) is 15.9 Å². The van der Waals surface area contributed by atoms with E-state index in [1.54, 1.807) is 17.5 Å². The highest BCUT2D eigenvalue weighted by Crippen LogP contribution is 2.20. The molecule has 4 nitrogen and oxygen atoms in total. The van der Waals surface area contributed by atoms with E-state index in [1.807, 2.05) is 47.8 Å². The Kier molecular flexibility index (Phi) is 5.33. The Hall–Kier alpha value is -2.53. The van der Waals surface area contributed by atoms with Crippen molar-refractivity contribution in [2.45, 2.75) is 26.2 Å². The number of anilines is 1. The molecular weight excluding hydrogens is 318 g/mol. The van der Waals surface area contributed by atoms with E-state index in [4.69, 9.17) is 0 Å². The second-order valence-corrected chi connectivity index (χ2v) is 6.38. The number of pyridine rings is 1. The topological polar surface area (TPSA) is 54.9 Å². The lowest BCUT2D eigenvalue weighted by Gasteiger charge is -2.05. The summed E-state index contributed by atoms with van der Waals surface area (Å²) in [5.41, 5.74) is 3.83. The third kappa shape index (κ3) is 4.26. The average molecular weight is 337 g/mol. The van der Waals surface area contributed by atoms with Crippen LogP contribution in [0.4, 0.5) is 5.69 Å². The molecule has 3 aromatic rings. The highest BCUT2D eigenvalue weighted by Gasteiger charge is 2.08. The molecule has 0 spiro atoms. The second-order valence-electron chi connectivity index (χ2n) is 5.44. The Balaban J connectivity index is 1.53. The monoisotopic (exact) mass is 337 g/mol. The Morgan fingerprint density at radius 2 is 1.96 bits per heavy atom. The van der Waals surface area contributed by atoms with Crippen LogP contribution in [0.15, 0.2) is 54.0 Å². The molecule has 0 saturated heterocycles. The summed E-state index contributed by atoms with van der Waals surface area (Å²) in [5.74, 6) is 0.00818. The molecule has 0 unspecified atom stereocenters. The Bertz CT molecular complexity index is 797. The first-order chi connectivity index (χ1) is 11.7. The van der Waals surface area contributed by atoms with Crippen LogP contribution in [0.25, 0.3) is 11.4 Å². The zero-order valence-electron chi connectivity index (χ0n) is 13.5. The van der Waals surface area contributed by atoms with E-state index >= 15 is 0 Å². The van der Waals surface area contributed by atoms with Crippen molar-refractivity contribution in [1.82, 2.24) is 9.97 Å². The average Bonchev–Trinajstić information content (AvgIpc) is 3.10. The van der Waals surface area contributed by atoms with Crippen LogP contribution in [0.3, 0.4) is 0 Å².